The lowest BCUT2D eigenvalue weighted by Crippen LogP contribution is -2.25. The number of aromatic nitrogens is 1. The molecule has 5 heteroatoms. The molecule has 5 nitrogen and oxygen atoms in total. The van der Waals surface area contributed by atoms with E-state index in [9.17, 15) is 9.59 Å². The van der Waals surface area contributed by atoms with Gasteiger partial charge in [-0.25, -0.2) is 0 Å². The topological polar surface area (TPSA) is 60.3 Å². The highest BCUT2D eigenvalue weighted by molar-refractivity contribution is 5.91. The molecule has 0 radical (unpaired) electrons. The van der Waals surface area contributed by atoms with Gasteiger partial charge in [0, 0.05) is 30.3 Å². The molecule has 0 aliphatic rings. The van der Waals surface area contributed by atoms with Gasteiger partial charge in [-0.2, -0.15) is 0 Å². The molecule has 128 valence electrons. The van der Waals surface area contributed by atoms with Crippen LogP contribution in [0.15, 0.2) is 59.4 Å². The largest absolute Gasteiger partial charge is 0.497 e. The first-order valence-corrected chi connectivity index (χ1v) is 8.11. The number of amides is 1. The molecule has 0 saturated carbocycles. The van der Waals surface area contributed by atoms with Crippen LogP contribution in [0.1, 0.15) is 12.0 Å². The molecule has 0 aliphatic carbocycles. The number of anilines is 1. The molecule has 0 spiro atoms. The van der Waals surface area contributed by atoms with Crippen molar-refractivity contribution in [2.45, 2.75) is 19.9 Å². The molecule has 0 fully saturated rings. The van der Waals surface area contributed by atoms with Crippen molar-refractivity contribution in [2.75, 3.05) is 12.4 Å². The molecule has 2 aromatic carbocycles. The Balaban J connectivity index is 1.77. The molecule has 0 atom stereocenters. The average molecular weight is 336 g/mol. The van der Waals surface area contributed by atoms with E-state index in [1.807, 2.05) is 42.5 Å². The van der Waals surface area contributed by atoms with Crippen LogP contribution in [0.4, 0.5) is 5.69 Å². The predicted octanol–water partition coefficient (Wildman–Crippen LogP) is 3.35. The fourth-order valence-corrected chi connectivity index (χ4v) is 2.83. The van der Waals surface area contributed by atoms with E-state index in [0.717, 1.165) is 10.9 Å². The highest BCUT2D eigenvalue weighted by Crippen LogP contribution is 2.17. The number of methoxy groups -OCH3 is 1. The van der Waals surface area contributed by atoms with Gasteiger partial charge in [-0.05, 0) is 36.6 Å². The number of hydrogen-bond donors (Lipinski definition) is 1. The maximum Gasteiger partial charge on any atom is 0.253 e. The number of nitrogens with one attached hydrogen (secondary N) is 1. The molecule has 1 aromatic heterocycles. The summed E-state index contributed by atoms with van der Waals surface area (Å²) in [5.74, 6) is 0.532. The van der Waals surface area contributed by atoms with Gasteiger partial charge in [-0.3, -0.25) is 9.59 Å². The van der Waals surface area contributed by atoms with Crippen molar-refractivity contribution in [2.24, 2.45) is 0 Å². The first kappa shape index (κ1) is 16.8. The van der Waals surface area contributed by atoms with Gasteiger partial charge in [0.05, 0.1) is 12.6 Å². The third-order valence-electron chi connectivity index (χ3n) is 4.10. The fraction of sp³-hybridized carbons (Fsp3) is 0.200. The Morgan fingerprint density at radius 3 is 2.72 bits per heavy atom. The van der Waals surface area contributed by atoms with Crippen molar-refractivity contribution in [1.82, 2.24) is 4.57 Å². The summed E-state index contributed by atoms with van der Waals surface area (Å²) in [5, 5.41) is 3.83. The summed E-state index contributed by atoms with van der Waals surface area (Å²) in [4.78, 5) is 24.7. The molecule has 0 bridgehead atoms. The predicted molar refractivity (Wildman–Crippen MR) is 99.2 cm³/mol. The molecule has 3 rings (SSSR count). The smallest absolute Gasteiger partial charge is 0.253 e. The second kappa shape index (κ2) is 7.21. The van der Waals surface area contributed by atoms with Crippen molar-refractivity contribution in [3.05, 3.63) is 70.5 Å². The quantitative estimate of drug-likeness (QED) is 0.777. The van der Waals surface area contributed by atoms with Crippen LogP contribution < -0.4 is 15.6 Å². The van der Waals surface area contributed by atoms with Crippen LogP contribution in [0.5, 0.6) is 5.75 Å². The van der Waals surface area contributed by atoms with Gasteiger partial charge < -0.3 is 14.6 Å². The number of ether oxygens (including phenoxy) is 1. The Bertz CT molecular complexity index is 976. The summed E-state index contributed by atoms with van der Waals surface area (Å²) < 4.78 is 6.81. The van der Waals surface area contributed by atoms with Gasteiger partial charge in [0.2, 0.25) is 5.91 Å². The van der Waals surface area contributed by atoms with Gasteiger partial charge in [0.15, 0.2) is 0 Å². The van der Waals surface area contributed by atoms with Crippen LogP contribution in [0.2, 0.25) is 0 Å². The van der Waals surface area contributed by atoms with Gasteiger partial charge >= 0.3 is 0 Å². The molecule has 25 heavy (non-hydrogen) atoms. The summed E-state index contributed by atoms with van der Waals surface area (Å²) in [6.07, 6.45) is 0.213. The van der Waals surface area contributed by atoms with Crippen LogP contribution in [-0.4, -0.2) is 17.6 Å². The maximum atomic E-state index is 12.5. The van der Waals surface area contributed by atoms with E-state index in [1.165, 1.54) is 0 Å². The molecule has 0 unspecified atom stereocenters. The Kier molecular flexibility index (Phi) is 4.84. The van der Waals surface area contributed by atoms with E-state index < -0.39 is 0 Å². The van der Waals surface area contributed by atoms with E-state index in [0.29, 0.717) is 23.5 Å². The summed E-state index contributed by atoms with van der Waals surface area (Å²) in [7, 11) is 1.58. The first-order valence-electron chi connectivity index (χ1n) is 8.11. The summed E-state index contributed by atoms with van der Waals surface area (Å²) in [5.41, 5.74) is 2.12. The summed E-state index contributed by atoms with van der Waals surface area (Å²) in [6, 6.07) is 16.8. The van der Waals surface area contributed by atoms with Crippen molar-refractivity contribution in [1.29, 1.82) is 0 Å². The second-order valence-electron chi connectivity index (χ2n) is 5.87. The third-order valence-corrected chi connectivity index (χ3v) is 4.10. The van der Waals surface area contributed by atoms with Crippen molar-refractivity contribution in [3.8, 4) is 5.75 Å². The number of pyridine rings is 1. The van der Waals surface area contributed by atoms with Crippen molar-refractivity contribution < 1.29 is 9.53 Å². The van der Waals surface area contributed by atoms with Crippen molar-refractivity contribution >= 4 is 22.5 Å². The van der Waals surface area contributed by atoms with E-state index >= 15 is 0 Å². The zero-order chi connectivity index (χ0) is 17.8. The van der Waals surface area contributed by atoms with Crippen molar-refractivity contribution in [3.63, 3.8) is 0 Å². The average Bonchev–Trinajstić information content (AvgIpc) is 2.62. The monoisotopic (exact) mass is 336 g/mol. The number of benzene rings is 2. The Labute approximate surface area is 145 Å². The zero-order valence-corrected chi connectivity index (χ0v) is 14.3. The molecular formula is C20H20N2O3. The van der Waals surface area contributed by atoms with E-state index in [-0.39, 0.29) is 17.9 Å². The Hall–Kier alpha value is -3.08. The normalized spacial score (nSPS) is 10.6. The number of hydrogen-bond acceptors (Lipinski definition) is 3. The van der Waals surface area contributed by atoms with Gasteiger partial charge in [-0.15, -0.1) is 0 Å². The minimum absolute atomic E-state index is 0.0621. The molecule has 0 aliphatic heterocycles. The van der Waals surface area contributed by atoms with E-state index in [1.54, 1.807) is 30.7 Å². The first-order chi connectivity index (χ1) is 12.1. The van der Waals surface area contributed by atoms with Crippen LogP contribution >= 0.6 is 0 Å². The number of aryl methyl sites for hydroxylation is 2. The molecule has 1 N–H and O–H groups in total. The molecule has 3 aromatic rings. The standard InChI is InChI=1S/C20H20N2O3/c1-14-12-15-6-3-4-9-18(15)22(20(14)24)11-10-19(23)21-16-7-5-8-17(13-16)25-2/h3-9,12-13H,10-11H2,1-2H3,(H,21,23). The van der Waals surface area contributed by atoms with Gasteiger partial charge in [-0.1, -0.05) is 24.3 Å². The number of rotatable bonds is 5. The summed E-state index contributed by atoms with van der Waals surface area (Å²) in [6.45, 7) is 2.12. The zero-order valence-electron chi connectivity index (χ0n) is 14.3. The minimum Gasteiger partial charge on any atom is -0.497 e. The van der Waals surface area contributed by atoms with Crippen LogP contribution in [0, 0.1) is 6.92 Å². The Morgan fingerprint density at radius 1 is 1.12 bits per heavy atom. The summed E-state index contributed by atoms with van der Waals surface area (Å²) >= 11 is 0. The number of para-hydroxylation sites is 1. The minimum atomic E-state index is -0.147. The molecule has 0 saturated heterocycles. The van der Waals surface area contributed by atoms with Crippen LogP contribution in [0.3, 0.4) is 0 Å². The second-order valence-corrected chi connectivity index (χ2v) is 5.87. The lowest BCUT2D eigenvalue weighted by molar-refractivity contribution is -0.116. The van der Waals surface area contributed by atoms with Crippen LogP contribution in [0.25, 0.3) is 10.9 Å². The number of carbonyl (C=O) groups is 1. The van der Waals surface area contributed by atoms with E-state index in [2.05, 4.69) is 5.32 Å². The number of carbonyl (C=O) groups excluding carboxylic acids is 1. The maximum absolute atomic E-state index is 12.5. The Morgan fingerprint density at radius 2 is 1.92 bits per heavy atom. The SMILES string of the molecule is COc1cccc(NC(=O)CCn2c(=O)c(C)cc3ccccc32)c1. The van der Waals surface area contributed by atoms with Crippen LogP contribution in [-0.2, 0) is 11.3 Å². The number of fused-ring (bicyclic) bond motifs is 1. The lowest BCUT2D eigenvalue weighted by Gasteiger charge is -2.12. The van der Waals surface area contributed by atoms with Gasteiger partial charge in [0.1, 0.15) is 5.75 Å². The fourth-order valence-electron chi connectivity index (χ4n) is 2.83. The highest BCUT2D eigenvalue weighted by Gasteiger charge is 2.09. The molecule has 1 heterocycles. The van der Waals surface area contributed by atoms with Gasteiger partial charge in [0.25, 0.3) is 5.56 Å². The third kappa shape index (κ3) is 3.71. The van der Waals surface area contributed by atoms with E-state index in [4.69, 9.17) is 4.74 Å². The number of nitrogens with zero attached hydrogens (tertiary/aromatic N) is 1. The lowest BCUT2D eigenvalue weighted by atomic mass is 10.1. The molecular weight excluding hydrogens is 316 g/mol. The highest BCUT2D eigenvalue weighted by atomic mass is 16.5. The molecule has 1 amide bonds.